The molecule has 4 rings (SSSR count). The van der Waals surface area contributed by atoms with Gasteiger partial charge in [0.2, 0.25) is 0 Å². The number of carbonyl (C=O) groups is 1. The number of hydrogen-bond donors (Lipinski definition) is 1. The van der Waals surface area contributed by atoms with E-state index < -0.39 is 11.7 Å². The van der Waals surface area contributed by atoms with Crippen molar-refractivity contribution in [3.8, 4) is 11.3 Å². The summed E-state index contributed by atoms with van der Waals surface area (Å²) >= 11 is 1.64. The summed E-state index contributed by atoms with van der Waals surface area (Å²) in [6.45, 7) is 2.12. The predicted molar refractivity (Wildman–Crippen MR) is 103 cm³/mol. The van der Waals surface area contributed by atoms with Crippen molar-refractivity contribution in [1.82, 2.24) is 4.98 Å². The molecule has 3 aromatic rings. The number of hydrogen-bond acceptors (Lipinski definition) is 4. The van der Waals surface area contributed by atoms with Crippen LogP contribution in [-0.2, 0) is 0 Å². The molecular formula is C20H18FN3OS. The highest BCUT2D eigenvalue weighted by molar-refractivity contribution is 7.14. The Morgan fingerprint density at radius 3 is 2.73 bits per heavy atom. The van der Waals surface area contributed by atoms with Gasteiger partial charge in [-0.3, -0.25) is 4.79 Å². The minimum Gasteiger partial charge on any atom is -0.348 e. The lowest BCUT2D eigenvalue weighted by atomic mass is 10.1. The van der Waals surface area contributed by atoms with E-state index in [0.717, 1.165) is 29.5 Å². The summed E-state index contributed by atoms with van der Waals surface area (Å²) in [5.74, 6) is -0.993. The standard InChI is InChI=1S/C20H18FN3OS/c21-17-9-2-1-8-16(17)19(25)22-15-7-5-6-14(12-15)18-13-26-20(23-18)24-10-3-4-11-24/h1-2,5-9,12-13H,3-4,10-11H2,(H,22,25). The Morgan fingerprint density at radius 1 is 1.12 bits per heavy atom. The van der Waals surface area contributed by atoms with Crippen LogP contribution in [-0.4, -0.2) is 24.0 Å². The van der Waals surface area contributed by atoms with Crippen LogP contribution in [0.25, 0.3) is 11.3 Å². The highest BCUT2D eigenvalue weighted by Crippen LogP contribution is 2.30. The SMILES string of the molecule is O=C(Nc1cccc(-c2csc(N3CCCC3)n2)c1)c1ccccc1F. The van der Waals surface area contributed by atoms with Crippen LogP contribution in [0.2, 0.25) is 0 Å². The molecule has 0 aliphatic carbocycles. The monoisotopic (exact) mass is 367 g/mol. The van der Waals surface area contributed by atoms with Crippen molar-refractivity contribution in [2.24, 2.45) is 0 Å². The second kappa shape index (κ2) is 7.25. The molecule has 1 aliphatic heterocycles. The summed E-state index contributed by atoms with van der Waals surface area (Å²) < 4.78 is 13.8. The van der Waals surface area contributed by atoms with Gasteiger partial charge in [-0.25, -0.2) is 9.37 Å². The van der Waals surface area contributed by atoms with E-state index in [1.807, 2.05) is 23.6 Å². The summed E-state index contributed by atoms with van der Waals surface area (Å²) in [6, 6.07) is 13.4. The normalized spacial score (nSPS) is 13.8. The van der Waals surface area contributed by atoms with Gasteiger partial charge in [0.1, 0.15) is 5.82 Å². The molecule has 1 aliphatic rings. The first-order valence-electron chi connectivity index (χ1n) is 8.57. The Morgan fingerprint density at radius 2 is 1.92 bits per heavy atom. The largest absolute Gasteiger partial charge is 0.348 e. The second-order valence-corrected chi connectivity index (χ2v) is 7.06. The maximum Gasteiger partial charge on any atom is 0.258 e. The maximum absolute atomic E-state index is 13.8. The summed E-state index contributed by atoms with van der Waals surface area (Å²) in [5.41, 5.74) is 2.46. The molecule has 0 saturated carbocycles. The molecule has 1 aromatic heterocycles. The van der Waals surface area contributed by atoms with Gasteiger partial charge in [-0.2, -0.15) is 0 Å². The van der Waals surface area contributed by atoms with Crippen molar-refractivity contribution < 1.29 is 9.18 Å². The third-order valence-corrected chi connectivity index (χ3v) is 5.30. The highest BCUT2D eigenvalue weighted by atomic mass is 32.1. The molecule has 2 aromatic carbocycles. The second-order valence-electron chi connectivity index (χ2n) is 6.22. The summed E-state index contributed by atoms with van der Waals surface area (Å²) in [6.07, 6.45) is 2.43. The molecule has 1 fully saturated rings. The Bertz CT molecular complexity index is 934. The first kappa shape index (κ1) is 16.7. The molecule has 6 heteroatoms. The predicted octanol–water partition coefficient (Wildman–Crippen LogP) is 4.80. The van der Waals surface area contributed by atoms with Gasteiger partial charge in [0.25, 0.3) is 5.91 Å². The number of anilines is 2. The van der Waals surface area contributed by atoms with E-state index >= 15 is 0 Å². The Hall–Kier alpha value is -2.73. The number of nitrogens with one attached hydrogen (secondary N) is 1. The van der Waals surface area contributed by atoms with Crippen LogP contribution in [0.15, 0.2) is 53.9 Å². The van der Waals surface area contributed by atoms with Crippen LogP contribution in [0, 0.1) is 5.82 Å². The van der Waals surface area contributed by atoms with Crippen molar-refractivity contribution in [2.75, 3.05) is 23.3 Å². The van der Waals surface area contributed by atoms with Crippen molar-refractivity contribution in [1.29, 1.82) is 0 Å². The zero-order valence-corrected chi connectivity index (χ0v) is 14.9. The van der Waals surface area contributed by atoms with Gasteiger partial charge in [0.05, 0.1) is 11.3 Å². The van der Waals surface area contributed by atoms with Gasteiger partial charge in [-0.15, -0.1) is 11.3 Å². The first-order chi connectivity index (χ1) is 12.7. The third kappa shape index (κ3) is 3.46. The van der Waals surface area contributed by atoms with Crippen LogP contribution >= 0.6 is 11.3 Å². The fraction of sp³-hybridized carbons (Fsp3) is 0.200. The van der Waals surface area contributed by atoms with E-state index in [-0.39, 0.29) is 5.56 Å². The van der Waals surface area contributed by atoms with Crippen molar-refractivity contribution in [2.45, 2.75) is 12.8 Å². The van der Waals surface area contributed by atoms with Crippen LogP contribution < -0.4 is 10.2 Å². The van der Waals surface area contributed by atoms with Gasteiger partial charge in [-0.1, -0.05) is 24.3 Å². The molecule has 0 unspecified atom stereocenters. The van der Waals surface area contributed by atoms with E-state index in [9.17, 15) is 9.18 Å². The van der Waals surface area contributed by atoms with Gasteiger partial charge < -0.3 is 10.2 Å². The number of nitrogens with zero attached hydrogens (tertiary/aromatic N) is 2. The lowest BCUT2D eigenvalue weighted by Crippen LogP contribution is -2.17. The zero-order chi connectivity index (χ0) is 17.9. The molecule has 0 bridgehead atoms. The van der Waals surface area contributed by atoms with Crippen LogP contribution in [0.4, 0.5) is 15.2 Å². The third-order valence-electron chi connectivity index (χ3n) is 4.40. The number of halogens is 1. The molecule has 4 nitrogen and oxygen atoms in total. The minimum absolute atomic E-state index is 0.0304. The smallest absolute Gasteiger partial charge is 0.258 e. The van der Waals surface area contributed by atoms with E-state index in [1.165, 1.54) is 25.0 Å². The van der Waals surface area contributed by atoms with Crippen LogP contribution in [0.3, 0.4) is 0 Å². The highest BCUT2D eigenvalue weighted by Gasteiger charge is 2.16. The Balaban J connectivity index is 1.53. The fourth-order valence-electron chi connectivity index (χ4n) is 3.05. The molecule has 132 valence electrons. The molecule has 2 heterocycles. The van der Waals surface area contributed by atoms with E-state index in [2.05, 4.69) is 10.2 Å². The Labute approximate surface area is 155 Å². The quantitative estimate of drug-likeness (QED) is 0.720. The van der Waals surface area contributed by atoms with Crippen molar-refractivity contribution in [3.63, 3.8) is 0 Å². The number of amides is 1. The molecule has 1 N–H and O–H groups in total. The maximum atomic E-state index is 13.8. The van der Waals surface area contributed by atoms with Gasteiger partial charge in [-0.05, 0) is 37.1 Å². The summed E-state index contributed by atoms with van der Waals surface area (Å²) in [4.78, 5) is 19.3. The first-order valence-corrected chi connectivity index (χ1v) is 9.45. The topological polar surface area (TPSA) is 45.2 Å². The molecule has 26 heavy (non-hydrogen) atoms. The Kier molecular flexibility index (Phi) is 4.67. The molecule has 0 spiro atoms. The van der Waals surface area contributed by atoms with E-state index in [4.69, 9.17) is 4.98 Å². The number of benzene rings is 2. The fourth-order valence-corrected chi connectivity index (χ4v) is 3.94. The summed E-state index contributed by atoms with van der Waals surface area (Å²) in [7, 11) is 0. The zero-order valence-electron chi connectivity index (χ0n) is 14.1. The van der Waals surface area contributed by atoms with E-state index in [1.54, 1.807) is 29.5 Å². The number of rotatable bonds is 4. The average molecular weight is 367 g/mol. The molecule has 0 atom stereocenters. The van der Waals surface area contributed by atoms with Gasteiger partial charge >= 0.3 is 0 Å². The molecule has 0 radical (unpaired) electrons. The number of thiazole rings is 1. The number of carbonyl (C=O) groups excluding carboxylic acids is 1. The minimum atomic E-state index is -0.532. The van der Waals surface area contributed by atoms with Gasteiger partial charge in [0.15, 0.2) is 5.13 Å². The van der Waals surface area contributed by atoms with Crippen molar-refractivity contribution >= 4 is 28.1 Å². The van der Waals surface area contributed by atoms with Crippen LogP contribution in [0.5, 0.6) is 0 Å². The summed E-state index contributed by atoms with van der Waals surface area (Å²) in [5, 5.41) is 5.83. The van der Waals surface area contributed by atoms with Gasteiger partial charge in [0, 0.05) is 29.7 Å². The number of aromatic nitrogens is 1. The average Bonchev–Trinajstić information content (AvgIpc) is 3.34. The molecular weight excluding hydrogens is 349 g/mol. The van der Waals surface area contributed by atoms with E-state index in [0.29, 0.717) is 5.69 Å². The molecule has 1 saturated heterocycles. The lowest BCUT2D eigenvalue weighted by Gasteiger charge is -2.12. The molecule has 1 amide bonds. The lowest BCUT2D eigenvalue weighted by molar-refractivity contribution is 0.102. The van der Waals surface area contributed by atoms with Crippen LogP contribution in [0.1, 0.15) is 23.2 Å². The van der Waals surface area contributed by atoms with Crippen molar-refractivity contribution in [3.05, 3.63) is 65.3 Å².